The number of hydrogen-bond donors (Lipinski definition) is 0. The van der Waals surface area contributed by atoms with Gasteiger partial charge < -0.3 is 9.47 Å². The maximum atomic E-state index is 13.4. The largest absolute Gasteiger partial charge is 0.454 e. The molecule has 25 heavy (non-hydrogen) atoms. The zero-order valence-corrected chi connectivity index (χ0v) is 13.6. The highest BCUT2D eigenvalue weighted by molar-refractivity contribution is 7.99. The molecule has 1 aliphatic rings. The summed E-state index contributed by atoms with van der Waals surface area (Å²) in [6, 6.07) is 11.0. The summed E-state index contributed by atoms with van der Waals surface area (Å²) in [5.41, 5.74) is 1.00. The molecule has 9 heteroatoms. The molecule has 0 amide bonds. The number of halogens is 1. The van der Waals surface area contributed by atoms with E-state index in [0.29, 0.717) is 27.9 Å². The molecule has 1 aromatic heterocycles. The highest BCUT2D eigenvalue weighted by Gasteiger charge is 2.17. The monoisotopic (exact) mass is 358 g/mol. The van der Waals surface area contributed by atoms with Crippen molar-refractivity contribution in [2.45, 2.75) is 5.16 Å². The molecule has 0 saturated carbocycles. The summed E-state index contributed by atoms with van der Waals surface area (Å²) in [5, 5.41) is 11.7. The molecule has 3 aromatic rings. The van der Waals surface area contributed by atoms with Crippen molar-refractivity contribution in [2.75, 3.05) is 12.5 Å². The summed E-state index contributed by atoms with van der Waals surface area (Å²) in [7, 11) is 0. The normalized spacial score (nSPS) is 12.4. The molecule has 0 unspecified atom stereocenters. The van der Waals surface area contributed by atoms with Crippen molar-refractivity contribution in [1.29, 1.82) is 0 Å². The summed E-state index contributed by atoms with van der Waals surface area (Å²) in [6.45, 7) is 0.157. The van der Waals surface area contributed by atoms with Crippen LogP contribution in [0.2, 0.25) is 0 Å². The third-order valence-corrected chi connectivity index (χ3v) is 4.44. The Balaban J connectivity index is 1.49. The fourth-order valence-electron chi connectivity index (χ4n) is 2.32. The predicted molar refractivity (Wildman–Crippen MR) is 86.7 cm³/mol. The lowest BCUT2D eigenvalue weighted by molar-refractivity contribution is 0.102. The Labute approximate surface area is 145 Å². The van der Waals surface area contributed by atoms with Crippen LogP contribution < -0.4 is 9.47 Å². The van der Waals surface area contributed by atoms with Gasteiger partial charge in [-0.05, 0) is 46.8 Å². The Morgan fingerprint density at radius 2 is 2.08 bits per heavy atom. The molecule has 1 aliphatic heterocycles. The van der Waals surface area contributed by atoms with E-state index in [9.17, 15) is 9.18 Å². The van der Waals surface area contributed by atoms with Gasteiger partial charge in [-0.1, -0.05) is 17.8 Å². The van der Waals surface area contributed by atoms with Crippen molar-refractivity contribution in [1.82, 2.24) is 20.2 Å². The number of carbonyl (C=O) groups is 1. The highest BCUT2D eigenvalue weighted by Crippen LogP contribution is 2.33. The Morgan fingerprint density at radius 3 is 2.96 bits per heavy atom. The van der Waals surface area contributed by atoms with Crippen LogP contribution in [0.15, 0.2) is 47.6 Å². The molecule has 2 heterocycles. The van der Waals surface area contributed by atoms with Crippen LogP contribution in [0.25, 0.3) is 5.69 Å². The number of carbonyl (C=O) groups excluding carboxylic acids is 1. The third kappa shape index (κ3) is 3.18. The maximum absolute atomic E-state index is 13.4. The average Bonchev–Trinajstić information content (AvgIpc) is 3.28. The number of thioether (sulfide) groups is 1. The number of rotatable bonds is 5. The van der Waals surface area contributed by atoms with Gasteiger partial charge in [0, 0.05) is 5.56 Å². The van der Waals surface area contributed by atoms with Crippen LogP contribution in [0.4, 0.5) is 4.39 Å². The van der Waals surface area contributed by atoms with Crippen molar-refractivity contribution in [2.24, 2.45) is 0 Å². The molecule has 126 valence electrons. The molecule has 0 atom stereocenters. The summed E-state index contributed by atoms with van der Waals surface area (Å²) in [5.74, 6) is 0.826. The lowest BCUT2D eigenvalue weighted by Crippen LogP contribution is -2.05. The van der Waals surface area contributed by atoms with Crippen molar-refractivity contribution in [3.8, 4) is 17.2 Å². The first-order chi connectivity index (χ1) is 12.2. The molecule has 0 N–H and O–H groups in total. The lowest BCUT2D eigenvalue weighted by atomic mass is 10.1. The molecule has 7 nitrogen and oxygen atoms in total. The molecular formula is C16H11FN4O3S. The number of tetrazole rings is 1. The Kier molecular flexibility index (Phi) is 4.06. The summed E-state index contributed by atoms with van der Waals surface area (Å²) in [6.07, 6.45) is 0. The third-order valence-electron chi connectivity index (χ3n) is 3.52. The van der Waals surface area contributed by atoms with Gasteiger partial charge in [-0.25, -0.2) is 4.39 Å². The topological polar surface area (TPSA) is 79.1 Å². The lowest BCUT2D eigenvalue weighted by Gasteiger charge is -2.05. The van der Waals surface area contributed by atoms with E-state index >= 15 is 0 Å². The average molecular weight is 358 g/mol. The van der Waals surface area contributed by atoms with Crippen molar-refractivity contribution < 1.29 is 18.7 Å². The molecule has 0 radical (unpaired) electrons. The smallest absolute Gasteiger partial charge is 0.231 e. The van der Waals surface area contributed by atoms with Crippen LogP contribution in [0.1, 0.15) is 10.4 Å². The summed E-state index contributed by atoms with van der Waals surface area (Å²) in [4.78, 5) is 12.4. The Bertz CT molecular complexity index is 947. The van der Waals surface area contributed by atoms with Crippen LogP contribution in [0.3, 0.4) is 0 Å². The molecular weight excluding hydrogens is 347 g/mol. The molecule has 0 saturated heterocycles. The van der Waals surface area contributed by atoms with Gasteiger partial charge >= 0.3 is 0 Å². The second kappa shape index (κ2) is 6.52. The van der Waals surface area contributed by atoms with Crippen molar-refractivity contribution in [3.63, 3.8) is 0 Å². The SMILES string of the molecule is O=C(CSc1nnnn1-c1cccc(F)c1)c1ccc2c(c1)OCO2. The van der Waals surface area contributed by atoms with Gasteiger partial charge in [0.15, 0.2) is 17.3 Å². The van der Waals surface area contributed by atoms with Crippen LogP contribution in [0.5, 0.6) is 11.5 Å². The number of aromatic nitrogens is 4. The minimum absolute atomic E-state index is 0.0999. The molecule has 0 aliphatic carbocycles. The molecule has 0 spiro atoms. The van der Waals surface area contributed by atoms with Gasteiger partial charge in [0.1, 0.15) is 5.82 Å². The number of ether oxygens (including phenoxy) is 2. The zero-order valence-electron chi connectivity index (χ0n) is 12.8. The minimum Gasteiger partial charge on any atom is -0.454 e. The Morgan fingerprint density at radius 1 is 1.20 bits per heavy atom. The first kappa shape index (κ1) is 15.6. The molecule has 0 fully saturated rings. The second-order valence-electron chi connectivity index (χ2n) is 5.13. The van der Waals surface area contributed by atoms with E-state index in [1.54, 1.807) is 30.3 Å². The van der Waals surface area contributed by atoms with E-state index in [-0.39, 0.29) is 24.1 Å². The van der Waals surface area contributed by atoms with Gasteiger partial charge in [0.25, 0.3) is 0 Å². The summed E-state index contributed by atoms with van der Waals surface area (Å²) >= 11 is 1.17. The second-order valence-corrected chi connectivity index (χ2v) is 6.08. The number of Topliss-reactive ketones (excluding diaryl/α,β-unsaturated/α-hetero) is 1. The fraction of sp³-hybridized carbons (Fsp3) is 0.125. The van der Waals surface area contributed by atoms with E-state index in [4.69, 9.17) is 9.47 Å². The number of nitrogens with zero attached hydrogens (tertiary/aromatic N) is 4. The molecule has 4 rings (SSSR count). The standard InChI is InChI=1S/C16H11FN4O3S/c17-11-2-1-3-12(7-11)21-16(18-19-20-21)25-8-13(22)10-4-5-14-15(6-10)24-9-23-14/h1-7H,8-9H2. The van der Waals surface area contributed by atoms with Crippen molar-refractivity contribution >= 4 is 17.5 Å². The number of benzene rings is 2. The molecule has 0 bridgehead atoms. The van der Waals surface area contributed by atoms with E-state index in [1.807, 2.05) is 0 Å². The maximum Gasteiger partial charge on any atom is 0.231 e. The summed E-state index contributed by atoms with van der Waals surface area (Å²) < 4.78 is 25.3. The van der Waals surface area contributed by atoms with E-state index < -0.39 is 0 Å². The first-order valence-electron chi connectivity index (χ1n) is 7.31. The van der Waals surface area contributed by atoms with Crippen LogP contribution in [-0.2, 0) is 0 Å². The number of hydrogen-bond acceptors (Lipinski definition) is 7. The van der Waals surface area contributed by atoms with Crippen LogP contribution in [-0.4, -0.2) is 38.5 Å². The van der Waals surface area contributed by atoms with Gasteiger partial charge in [-0.15, -0.1) is 5.10 Å². The highest BCUT2D eigenvalue weighted by atomic mass is 32.2. The van der Waals surface area contributed by atoms with E-state index in [0.717, 1.165) is 0 Å². The Hall–Kier alpha value is -2.94. The fourth-order valence-corrected chi connectivity index (χ4v) is 3.11. The quantitative estimate of drug-likeness (QED) is 0.512. The van der Waals surface area contributed by atoms with E-state index in [1.165, 1.54) is 28.6 Å². The first-order valence-corrected chi connectivity index (χ1v) is 8.29. The van der Waals surface area contributed by atoms with Gasteiger partial charge in [0.2, 0.25) is 11.9 Å². The molecule has 2 aromatic carbocycles. The van der Waals surface area contributed by atoms with Crippen molar-refractivity contribution in [3.05, 3.63) is 53.8 Å². The number of ketones is 1. The predicted octanol–water partition coefficient (Wildman–Crippen LogP) is 2.51. The van der Waals surface area contributed by atoms with E-state index in [2.05, 4.69) is 15.5 Å². The van der Waals surface area contributed by atoms with Crippen LogP contribution >= 0.6 is 11.8 Å². The minimum atomic E-state index is -0.389. The zero-order chi connectivity index (χ0) is 17.2. The van der Waals surface area contributed by atoms with Gasteiger partial charge in [-0.2, -0.15) is 4.68 Å². The van der Waals surface area contributed by atoms with Gasteiger partial charge in [-0.3, -0.25) is 4.79 Å². The number of fused-ring (bicyclic) bond motifs is 1. The van der Waals surface area contributed by atoms with Crippen LogP contribution in [0, 0.1) is 5.82 Å². The van der Waals surface area contributed by atoms with Gasteiger partial charge in [0.05, 0.1) is 11.4 Å².